The Morgan fingerprint density at radius 1 is 0.933 bits per heavy atom. The second-order valence-corrected chi connectivity index (χ2v) is 6.42. The van der Waals surface area contributed by atoms with E-state index in [1.54, 1.807) is 55.9 Å². The molecule has 30 heavy (non-hydrogen) atoms. The Balaban J connectivity index is 1.56. The van der Waals surface area contributed by atoms with Crippen LogP contribution in [-0.2, 0) is 4.74 Å². The summed E-state index contributed by atoms with van der Waals surface area (Å²) >= 11 is 0. The van der Waals surface area contributed by atoms with Gasteiger partial charge in [0.1, 0.15) is 11.5 Å². The minimum absolute atomic E-state index is 0.0995. The fraction of sp³-hybridized carbons (Fsp3) is 0.261. The van der Waals surface area contributed by atoms with Crippen molar-refractivity contribution in [1.82, 2.24) is 15.3 Å². The van der Waals surface area contributed by atoms with E-state index in [2.05, 4.69) is 15.3 Å². The molecule has 2 aromatic carbocycles. The van der Waals surface area contributed by atoms with Gasteiger partial charge in [0.05, 0.1) is 7.11 Å². The summed E-state index contributed by atoms with van der Waals surface area (Å²) in [6.45, 7) is 3.87. The molecule has 1 aromatic heterocycles. The first-order valence-corrected chi connectivity index (χ1v) is 9.80. The van der Waals surface area contributed by atoms with Gasteiger partial charge in [-0.15, -0.1) is 0 Å². The van der Waals surface area contributed by atoms with Crippen molar-refractivity contribution in [2.75, 3.05) is 26.9 Å². The SMILES string of the molecule is CCOCCCNC(=O)c1ccc(-c2cnc(Oc3ccc(OC)cc3)nc2)cc1. The monoisotopic (exact) mass is 407 g/mol. The van der Waals surface area contributed by atoms with Crippen LogP contribution >= 0.6 is 0 Å². The molecule has 0 aliphatic carbocycles. The molecular weight excluding hydrogens is 382 g/mol. The van der Waals surface area contributed by atoms with Crippen molar-refractivity contribution < 1.29 is 19.0 Å². The molecule has 0 saturated carbocycles. The van der Waals surface area contributed by atoms with Crippen molar-refractivity contribution >= 4 is 5.91 Å². The minimum Gasteiger partial charge on any atom is -0.497 e. The molecule has 0 aliphatic heterocycles. The Morgan fingerprint density at radius 2 is 1.60 bits per heavy atom. The van der Waals surface area contributed by atoms with Gasteiger partial charge in [0.2, 0.25) is 0 Å². The zero-order chi connectivity index (χ0) is 21.2. The van der Waals surface area contributed by atoms with E-state index in [1.807, 2.05) is 19.1 Å². The number of benzene rings is 2. The fourth-order valence-corrected chi connectivity index (χ4v) is 2.70. The Kier molecular flexibility index (Phi) is 7.74. The third-order valence-electron chi connectivity index (χ3n) is 4.33. The number of carbonyl (C=O) groups excluding carboxylic acids is 1. The summed E-state index contributed by atoms with van der Waals surface area (Å²) in [7, 11) is 1.61. The van der Waals surface area contributed by atoms with Crippen LogP contribution in [-0.4, -0.2) is 42.7 Å². The molecule has 1 amide bonds. The van der Waals surface area contributed by atoms with Gasteiger partial charge in [-0.05, 0) is 55.3 Å². The van der Waals surface area contributed by atoms with Crippen LogP contribution < -0.4 is 14.8 Å². The number of aromatic nitrogens is 2. The van der Waals surface area contributed by atoms with Crippen molar-refractivity contribution in [3.8, 4) is 28.6 Å². The molecule has 0 spiro atoms. The summed E-state index contributed by atoms with van der Waals surface area (Å²) in [4.78, 5) is 20.7. The first-order chi connectivity index (χ1) is 14.7. The lowest BCUT2D eigenvalue weighted by Gasteiger charge is -2.07. The second kappa shape index (κ2) is 10.9. The van der Waals surface area contributed by atoms with E-state index in [9.17, 15) is 4.79 Å². The molecule has 156 valence electrons. The minimum atomic E-state index is -0.0995. The summed E-state index contributed by atoms with van der Waals surface area (Å²) in [5, 5.41) is 2.89. The van der Waals surface area contributed by atoms with E-state index in [-0.39, 0.29) is 11.9 Å². The highest BCUT2D eigenvalue weighted by Gasteiger charge is 2.07. The molecule has 0 bridgehead atoms. The van der Waals surface area contributed by atoms with Crippen LogP contribution in [0.2, 0.25) is 0 Å². The van der Waals surface area contributed by atoms with Crippen molar-refractivity contribution in [3.05, 3.63) is 66.5 Å². The van der Waals surface area contributed by atoms with Crippen molar-refractivity contribution in [3.63, 3.8) is 0 Å². The molecular formula is C23H25N3O4. The van der Waals surface area contributed by atoms with Crippen LogP contribution in [0.4, 0.5) is 0 Å². The predicted molar refractivity (Wildman–Crippen MR) is 114 cm³/mol. The normalized spacial score (nSPS) is 10.5. The lowest BCUT2D eigenvalue weighted by molar-refractivity contribution is 0.0944. The van der Waals surface area contributed by atoms with Gasteiger partial charge in [-0.2, -0.15) is 0 Å². The lowest BCUT2D eigenvalue weighted by atomic mass is 10.1. The zero-order valence-electron chi connectivity index (χ0n) is 17.1. The van der Waals surface area contributed by atoms with E-state index in [0.717, 1.165) is 23.3 Å². The molecule has 0 radical (unpaired) electrons. The number of amides is 1. The Bertz CT molecular complexity index is 926. The molecule has 3 aromatic rings. The van der Waals surface area contributed by atoms with E-state index >= 15 is 0 Å². The first-order valence-electron chi connectivity index (χ1n) is 9.80. The summed E-state index contributed by atoms with van der Waals surface area (Å²) in [6.07, 6.45) is 4.17. The quantitative estimate of drug-likeness (QED) is 0.510. The van der Waals surface area contributed by atoms with Crippen LogP contribution in [0.25, 0.3) is 11.1 Å². The summed E-state index contributed by atoms with van der Waals surface area (Å²) in [5.41, 5.74) is 2.36. The van der Waals surface area contributed by atoms with Crippen molar-refractivity contribution in [1.29, 1.82) is 0 Å². The van der Waals surface area contributed by atoms with Gasteiger partial charge in [0.25, 0.3) is 5.91 Å². The largest absolute Gasteiger partial charge is 0.497 e. The molecule has 7 heteroatoms. The summed E-state index contributed by atoms with van der Waals surface area (Å²) in [5.74, 6) is 1.28. The number of rotatable bonds is 10. The van der Waals surface area contributed by atoms with Gasteiger partial charge in [-0.1, -0.05) is 12.1 Å². The van der Waals surface area contributed by atoms with E-state index in [0.29, 0.717) is 31.1 Å². The molecule has 1 heterocycles. The lowest BCUT2D eigenvalue weighted by Crippen LogP contribution is -2.25. The zero-order valence-corrected chi connectivity index (χ0v) is 17.1. The molecule has 0 unspecified atom stereocenters. The number of hydrogen-bond acceptors (Lipinski definition) is 6. The number of nitrogens with one attached hydrogen (secondary N) is 1. The molecule has 7 nitrogen and oxygen atoms in total. The van der Waals surface area contributed by atoms with E-state index in [4.69, 9.17) is 14.2 Å². The maximum atomic E-state index is 12.2. The maximum absolute atomic E-state index is 12.2. The van der Waals surface area contributed by atoms with Gasteiger partial charge < -0.3 is 19.5 Å². The fourth-order valence-electron chi connectivity index (χ4n) is 2.70. The molecule has 0 atom stereocenters. The molecule has 3 rings (SSSR count). The third kappa shape index (κ3) is 6.02. The number of nitrogens with zero attached hydrogens (tertiary/aromatic N) is 2. The van der Waals surface area contributed by atoms with Gasteiger partial charge in [0.15, 0.2) is 0 Å². The smallest absolute Gasteiger partial charge is 0.321 e. The first kappa shape index (κ1) is 21.3. The highest BCUT2D eigenvalue weighted by molar-refractivity contribution is 5.94. The summed E-state index contributed by atoms with van der Waals surface area (Å²) in [6, 6.07) is 14.8. The van der Waals surface area contributed by atoms with Crippen LogP contribution in [0.15, 0.2) is 60.9 Å². The van der Waals surface area contributed by atoms with Crippen molar-refractivity contribution in [2.24, 2.45) is 0 Å². The Labute approximate surface area is 176 Å². The van der Waals surface area contributed by atoms with Crippen LogP contribution in [0.3, 0.4) is 0 Å². The summed E-state index contributed by atoms with van der Waals surface area (Å²) < 4.78 is 16.0. The number of hydrogen-bond donors (Lipinski definition) is 1. The maximum Gasteiger partial charge on any atom is 0.321 e. The highest BCUT2D eigenvalue weighted by Crippen LogP contribution is 2.23. The van der Waals surface area contributed by atoms with Crippen LogP contribution in [0, 0.1) is 0 Å². The Morgan fingerprint density at radius 3 is 2.23 bits per heavy atom. The highest BCUT2D eigenvalue weighted by atomic mass is 16.5. The topological polar surface area (TPSA) is 82.6 Å². The second-order valence-electron chi connectivity index (χ2n) is 6.42. The average molecular weight is 407 g/mol. The van der Waals surface area contributed by atoms with Gasteiger partial charge in [-0.3, -0.25) is 4.79 Å². The number of methoxy groups -OCH3 is 1. The number of ether oxygens (including phenoxy) is 3. The molecule has 1 N–H and O–H groups in total. The molecule has 0 saturated heterocycles. The van der Waals surface area contributed by atoms with Crippen LogP contribution in [0.1, 0.15) is 23.7 Å². The number of carbonyl (C=O) groups is 1. The van der Waals surface area contributed by atoms with Gasteiger partial charge in [-0.25, -0.2) is 9.97 Å². The van der Waals surface area contributed by atoms with E-state index in [1.165, 1.54) is 0 Å². The Hall–Kier alpha value is -3.45. The standard InChI is InChI=1S/C23H25N3O4/c1-3-29-14-4-13-24-22(27)18-7-5-17(6-8-18)19-15-25-23(26-16-19)30-21-11-9-20(28-2)10-12-21/h5-12,15-16H,3-4,13-14H2,1-2H3,(H,24,27). The van der Waals surface area contributed by atoms with Gasteiger partial charge in [0, 0.05) is 43.3 Å². The predicted octanol–water partition coefficient (Wildman–Crippen LogP) is 4.10. The van der Waals surface area contributed by atoms with Gasteiger partial charge >= 0.3 is 6.01 Å². The van der Waals surface area contributed by atoms with Crippen LogP contribution in [0.5, 0.6) is 17.5 Å². The third-order valence-corrected chi connectivity index (χ3v) is 4.33. The average Bonchev–Trinajstić information content (AvgIpc) is 2.80. The molecule has 0 fully saturated rings. The molecule has 0 aliphatic rings. The van der Waals surface area contributed by atoms with E-state index < -0.39 is 0 Å². The van der Waals surface area contributed by atoms with Crippen molar-refractivity contribution in [2.45, 2.75) is 13.3 Å².